The summed E-state index contributed by atoms with van der Waals surface area (Å²) in [4.78, 5) is 5.04. The predicted molar refractivity (Wildman–Crippen MR) is 77.5 cm³/mol. The fourth-order valence-electron chi connectivity index (χ4n) is 4.15. The van der Waals surface area contributed by atoms with Crippen molar-refractivity contribution >= 4 is 11.4 Å². The maximum atomic E-state index is 5.04. The molecule has 2 bridgehead atoms. The average Bonchev–Trinajstić information content (AvgIpc) is 2.76. The fourth-order valence-corrected chi connectivity index (χ4v) is 4.15. The summed E-state index contributed by atoms with van der Waals surface area (Å²) in [5.74, 6) is 0.839. The van der Waals surface area contributed by atoms with E-state index in [1.54, 1.807) is 0 Å². The minimum Gasteiger partial charge on any atom is -0.257 e. The van der Waals surface area contributed by atoms with Crippen LogP contribution in [0.4, 0.5) is 5.69 Å². The molecule has 1 nitrogen and oxygen atoms in total. The number of hydrogen-bond acceptors (Lipinski definition) is 1. The lowest BCUT2D eigenvalue weighted by Crippen LogP contribution is -2.35. The Hall–Kier alpha value is -1.11. The number of nitrogens with zero attached hydrogens (tertiary/aromatic N) is 1. The lowest BCUT2D eigenvalue weighted by Gasteiger charge is -2.35. The van der Waals surface area contributed by atoms with E-state index < -0.39 is 0 Å². The monoisotopic (exact) mass is 241 g/mol. The van der Waals surface area contributed by atoms with Crippen LogP contribution in [-0.4, -0.2) is 5.71 Å². The fraction of sp³-hybridized carbons (Fsp3) is 0.588. The smallest absolute Gasteiger partial charge is 0.0632 e. The van der Waals surface area contributed by atoms with Gasteiger partial charge in [-0.25, -0.2) is 0 Å². The summed E-state index contributed by atoms with van der Waals surface area (Å²) in [7, 11) is 0. The highest BCUT2D eigenvalue weighted by atomic mass is 14.8. The van der Waals surface area contributed by atoms with E-state index in [9.17, 15) is 0 Å². The molecule has 2 aliphatic carbocycles. The van der Waals surface area contributed by atoms with Crippen molar-refractivity contribution in [2.24, 2.45) is 21.7 Å². The van der Waals surface area contributed by atoms with Crippen molar-refractivity contribution in [2.45, 2.75) is 47.0 Å². The Labute approximate surface area is 110 Å². The van der Waals surface area contributed by atoms with Crippen LogP contribution in [0, 0.1) is 23.7 Å². The minimum atomic E-state index is 0.288. The normalized spacial score (nSPS) is 35.3. The predicted octanol–water partition coefficient (Wildman–Crippen LogP) is 4.91. The Morgan fingerprint density at radius 2 is 2.00 bits per heavy atom. The highest BCUT2D eigenvalue weighted by molar-refractivity contribution is 5.99. The maximum Gasteiger partial charge on any atom is 0.0632 e. The van der Waals surface area contributed by atoms with Crippen molar-refractivity contribution in [3.8, 4) is 0 Å². The van der Waals surface area contributed by atoms with Gasteiger partial charge in [0.25, 0.3) is 0 Å². The van der Waals surface area contributed by atoms with E-state index in [4.69, 9.17) is 4.99 Å². The van der Waals surface area contributed by atoms with Gasteiger partial charge in [-0.1, -0.05) is 32.9 Å². The van der Waals surface area contributed by atoms with Gasteiger partial charge in [-0.3, -0.25) is 4.99 Å². The van der Waals surface area contributed by atoms with E-state index in [0.717, 1.165) is 11.6 Å². The Kier molecular flexibility index (Phi) is 2.45. The molecule has 0 spiro atoms. The van der Waals surface area contributed by atoms with Crippen LogP contribution in [0.25, 0.3) is 0 Å². The second kappa shape index (κ2) is 3.69. The standard InChI is InChI=1S/C17H23N/c1-12-6-5-7-14(10-12)18-15-16(2,3)13-8-9-17(15,4)11-13/h5-7,10,13H,8-9,11H2,1-4H3/t13-,17+/m0/s1. The van der Waals surface area contributed by atoms with Gasteiger partial charge in [-0.15, -0.1) is 0 Å². The zero-order valence-corrected chi connectivity index (χ0v) is 12.0. The van der Waals surface area contributed by atoms with Crippen LogP contribution < -0.4 is 0 Å². The molecule has 2 fully saturated rings. The molecule has 0 radical (unpaired) electrons. The van der Waals surface area contributed by atoms with Crippen molar-refractivity contribution in [3.05, 3.63) is 29.8 Å². The zero-order valence-electron chi connectivity index (χ0n) is 12.0. The van der Waals surface area contributed by atoms with Crippen LogP contribution in [0.1, 0.15) is 45.6 Å². The highest BCUT2D eigenvalue weighted by Crippen LogP contribution is 2.60. The summed E-state index contributed by atoms with van der Waals surface area (Å²) in [5, 5.41) is 0. The summed E-state index contributed by atoms with van der Waals surface area (Å²) >= 11 is 0. The third-order valence-corrected chi connectivity index (χ3v) is 5.19. The Bertz CT molecular complexity index is 505. The van der Waals surface area contributed by atoms with Crippen molar-refractivity contribution in [2.75, 3.05) is 0 Å². The number of fused-ring (bicyclic) bond motifs is 2. The second-order valence-electron chi connectivity index (χ2n) is 7.02. The second-order valence-corrected chi connectivity index (χ2v) is 7.02. The Morgan fingerprint density at radius 3 is 2.61 bits per heavy atom. The summed E-state index contributed by atoms with van der Waals surface area (Å²) < 4.78 is 0. The van der Waals surface area contributed by atoms with Gasteiger partial charge in [0.15, 0.2) is 0 Å². The lowest BCUT2D eigenvalue weighted by molar-refractivity contribution is 0.333. The third-order valence-electron chi connectivity index (χ3n) is 5.19. The zero-order chi connectivity index (χ0) is 13.0. The molecule has 3 rings (SSSR count). The van der Waals surface area contributed by atoms with Crippen LogP contribution in [0.3, 0.4) is 0 Å². The quantitative estimate of drug-likeness (QED) is 0.662. The minimum absolute atomic E-state index is 0.288. The molecule has 0 unspecified atom stereocenters. The van der Waals surface area contributed by atoms with Crippen molar-refractivity contribution in [1.82, 2.24) is 0 Å². The van der Waals surface area contributed by atoms with Crippen molar-refractivity contribution < 1.29 is 0 Å². The van der Waals surface area contributed by atoms with Crippen LogP contribution in [0.5, 0.6) is 0 Å². The highest BCUT2D eigenvalue weighted by Gasteiger charge is 2.56. The molecule has 2 saturated carbocycles. The summed E-state index contributed by atoms with van der Waals surface area (Å²) in [6.07, 6.45) is 4.05. The number of rotatable bonds is 1. The van der Waals surface area contributed by atoms with E-state index in [-0.39, 0.29) is 5.41 Å². The maximum absolute atomic E-state index is 5.04. The molecule has 0 heterocycles. The summed E-state index contributed by atoms with van der Waals surface area (Å²) in [6.45, 7) is 9.32. The van der Waals surface area contributed by atoms with E-state index in [1.807, 2.05) is 0 Å². The van der Waals surface area contributed by atoms with E-state index in [0.29, 0.717) is 5.41 Å². The molecule has 1 aromatic carbocycles. The van der Waals surface area contributed by atoms with Crippen LogP contribution in [-0.2, 0) is 0 Å². The largest absolute Gasteiger partial charge is 0.257 e. The van der Waals surface area contributed by atoms with Crippen LogP contribution in [0.15, 0.2) is 29.3 Å². The number of aryl methyl sites for hydroxylation is 1. The molecule has 1 aromatic rings. The topological polar surface area (TPSA) is 12.4 Å². The molecular formula is C17H23N. The molecular weight excluding hydrogens is 218 g/mol. The van der Waals surface area contributed by atoms with E-state index in [1.165, 1.54) is 30.5 Å². The number of aliphatic imine (C=N–C) groups is 1. The van der Waals surface area contributed by atoms with Gasteiger partial charge in [0, 0.05) is 16.5 Å². The third kappa shape index (κ3) is 1.64. The molecule has 18 heavy (non-hydrogen) atoms. The van der Waals surface area contributed by atoms with Crippen LogP contribution in [0.2, 0.25) is 0 Å². The lowest BCUT2D eigenvalue weighted by atomic mass is 9.71. The van der Waals surface area contributed by atoms with E-state index >= 15 is 0 Å². The van der Waals surface area contributed by atoms with Crippen LogP contribution >= 0.6 is 0 Å². The Morgan fingerprint density at radius 1 is 1.22 bits per heavy atom. The molecule has 0 N–H and O–H groups in total. The molecule has 0 aromatic heterocycles. The first-order valence-electron chi connectivity index (χ1n) is 7.08. The molecule has 0 aliphatic heterocycles. The summed E-state index contributed by atoms with van der Waals surface area (Å²) in [6, 6.07) is 8.57. The number of hydrogen-bond donors (Lipinski definition) is 0. The average molecular weight is 241 g/mol. The number of benzene rings is 1. The van der Waals surface area contributed by atoms with Gasteiger partial charge < -0.3 is 0 Å². The molecule has 2 atom stereocenters. The van der Waals surface area contributed by atoms with Gasteiger partial charge in [0.1, 0.15) is 0 Å². The van der Waals surface area contributed by atoms with Gasteiger partial charge in [0.2, 0.25) is 0 Å². The molecule has 0 amide bonds. The van der Waals surface area contributed by atoms with Gasteiger partial charge in [0.05, 0.1) is 5.69 Å². The first kappa shape index (κ1) is 12.0. The first-order valence-corrected chi connectivity index (χ1v) is 7.08. The van der Waals surface area contributed by atoms with Crippen molar-refractivity contribution in [3.63, 3.8) is 0 Å². The Balaban J connectivity index is 2.06. The van der Waals surface area contributed by atoms with Gasteiger partial charge >= 0.3 is 0 Å². The van der Waals surface area contributed by atoms with Gasteiger partial charge in [-0.2, -0.15) is 0 Å². The molecule has 2 aliphatic rings. The van der Waals surface area contributed by atoms with Gasteiger partial charge in [-0.05, 0) is 49.8 Å². The molecule has 0 saturated heterocycles. The summed E-state index contributed by atoms with van der Waals surface area (Å²) in [5.41, 5.74) is 4.51. The SMILES string of the molecule is Cc1cccc(N=C2C(C)(C)[C@H]3CC[C@]2(C)C3)c1. The first-order chi connectivity index (χ1) is 8.42. The molecule has 96 valence electrons. The molecule has 1 heteroatoms. The van der Waals surface area contributed by atoms with E-state index in [2.05, 4.69) is 52.0 Å². The van der Waals surface area contributed by atoms with Crippen molar-refractivity contribution in [1.29, 1.82) is 0 Å².